The van der Waals surface area contributed by atoms with Crippen LogP contribution < -0.4 is 10.3 Å². The van der Waals surface area contributed by atoms with Crippen molar-refractivity contribution in [2.75, 3.05) is 18.0 Å². The Bertz CT molecular complexity index is 534. The Balaban J connectivity index is 1.75. The van der Waals surface area contributed by atoms with Gasteiger partial charge in [-0.15, -0.1) is 0 Å². The molecule has 1 saturated carbocycles. The summed E-state index contributed by atoms with van der Waals surface area (Å²) in [6.45, 7) is 8.52. The van der Waals surface area contributed by atoms with Crippen molar-refractivity contribution in [3.8, 4) is 0 Å². The van der Waals surface area contributed by atoms with Gasteiger partial charge >= 0.3 is 0 Å². The van der Waals surface area contributed by atoms with E-state index in [0.29, 0.717) is 5.92 Å². The highest BCUT2D eigenvalue weighted by Gasteiger charge is 2.41. The summed E-state index contributed by atoms with van der Waals surface area (Å²) in [5.74, 6) is 0.844. The van der Waals surface area contributed by atoms with Gasteiger partial charge in [0, 0.05) is 24.7 Å². The van der Waals surface area contributed by atoms with Crippen LogP contribution in [0.15, 0.2) is 29.4 Å². The van der Waals surface area contributed by atoms with Crippen molar-refractivity contribution in [1.29, 1.82) is 0 Å². The van der Waals surface area contributed by atoms with Crippen LogP contribution in [0.25, 0.3) is 0 Å². The normalized spacial score (nSPS) is 19.5. The Morgan fingerprint density at radius 3 is 2.54 bits per heavy atom. The van der Waals surface area contributed by atoms with Crippen molar-refractivity contribution in [3.05, 3.63) is 29.8 Å². The Kier molecular flexibility index (Phi) is 7.29. The molecule has 1 aromatic rings. The number of nitrogens with zero attached hydrogens (tertiary/aromatic N) is 2. The van der Waals surface area contributed by atoms with Gasteiger partial charge in [0.25, 0.3) is 0 Å². The first-order valence-corrected chi connectivity index (χ1v) is 9.37. The van der Waals surface area contributed by atoms with Gasteiger partial charge < -0.3 is 4.90 Å². The molecule has 0 bridgehead atoms. The first kappa shape index (κ1) is 18.5. The van der Waals surface area contributed by atoms with Crippen LogP contribution in [0.5, 0.6) is 0 Å². The maximum Gasteiger partial charge on any atom is 0.243 e. The van der Waals surface area contributed by atoms with E-state index in [1.54, 1.807) is 6.21 Å². The lowest BCUT2D eigenvalue weighted by molar-refractivity contribution is -0.122. The number of carbonyl (C=O) groups excluding carboxylic acids is 1. The fourth-order valence-electron chi connectivity index (χ4n) is 3.16. The number of hydrogen-bond acceptors (Lipinski definition) is 3. The van der Waals surface area contributed by atoms with Crippen molar-refractivity contribution >= 4 is 17.8 Å². The number of anilines is 1. The minimum atomic E-state index is 0.0764. The maximum atomic E-state index is 12.0. The van der Waals surface area contributed by atoms with E-state index in [0.717, 1.165) is 25.1 Å². The second-order valence-electron chi connectivity index (χ2n) is 6.60. The van der Waals surface area contributed by atoms with E-state index in [1.165, 1.54) is 31.4 Å². The van der Waals surface area contributed by atoms with E-state index in [4.69, 9.17) is 0 Å². The molecule has 4 heteroatoms. The van der Waals surface area contributed by atoms with Crippen molar-refractivity contribution in [3.63, 3.8) is 0 Å². The minimum Gasteiger partial charge on any atom is -0.372 e. The molecule has 24 heavy (non-hydrogen) atoms. The van der Waals surface area contributed by atoms with Crippen molar-refractivity contribution < 1.29 is 4.79 Å². The van der Waals surface area contributed by atoms with Crippen LogP contribution in [0.3, 0.4) is 0 Å². The number of carbonyl (C=O) groups is 1. The first-order valence-electron chi connectivity index (χ1n) is 9.37. The largest absolute Gasteiger partial charge is 0.372 e. The molecule has 0 aliphatic heterocycles. The zero-order valence-electron chi connectivity index (χ0n) is 15.3. The van der Waals surface area contributed by atoms with Crippen LogP contribution in [0.4, 0.5) is 5.69 Å². The molecule has 1 aliphatic carbocycles. The molecule has 0 saturated heterocycles. The van der Waals surface area contributed by atoms with Gasteiger partial charge in [-0.25, -0.2) is 5.43 Å². The average Bonchev–Trinajstić information content (AvgIpc) is 3.37. The predicted octanol–water partition coefficient (Wildman–Crippen LogP) is 4.20. The summed E-state index contributed by atoms with van der Waals surface area (Å²) in [5.41, 5.74) is 4.91. The number of unbranched alkanes of at least 4 members (excludes halogenated alkanes) is 2. The number of rotatable bonds is 10. The van der Waals surface area contributed by atoms with Crippen molar-refractivity contribution in [2.45, 2.75) is 52.9 Å². The van der Waals surface area contributed by atoms with E-state index in [2.05, 4.69) is 48.3 Å². The lowest BCUT2D eigenvalue weighted by atomic mass is 10.1. The molecule has 2 atom stereocenters. The van der Waals surface area contributed by atoms with Crippen LogP contribution >= 0.6 is 0 Å². The highest BCUT2D eigenvalue weighted by atomic mass is 16.2. The van der Waals surface area contributed by atoms with Gasteiger partial charge in [-0.1, -0.05) is 38.3 Å². The predicted molar refractivity (Wildman–Crippen MR) is 101 cm³/mol. The molecular formula is C20H31N3O. The molecule has 0 heterocycles. The number of hydrogen-bond donors (Lipinski definition) is 1. The lowest BCUT2D eigenvalue weighted by Crippen LogP contribution is -2.21. The van der Waals surface area contributed by atoms with E-state index < -0.39 is 0 Å². The molecule has 1 fully saturated rings. The monoisotopic (exact) mass is 329 g/mol. The Hall–Kier alpha value is -1.84. The van der Waals surface area contributed by atoms with Gasteiger partial charge in [0.15, 0.2) is 0 Å². The topological polar surface area (TPSA) is 44.7 Å². The first-order chi connectivity index (χ1) is 11.7. The summed E-state index contributed by atoms with van der Waals surface area (Å²) >= 11 is 0. The summed E-state index contributed by atoms with van der Waals surface area (Å²) in [5, 5.41) is 4.11. The third-order valence-electron chi connectivity index (χ3n) is 4.85. The van der Waals surface area contributed by atoms with Crippen LogP contribution in [-0.4, -0.2) is 25.2 Å². The van der Waals surface area contributed by atoms with Crippen molar-refractivity contribution in [1.82, 2.24) is 5.43 Å². The summed E-state index contributed by atoms with van der Waals surface area (Å²) in [4.78, 5) is 14.3. The van der Waals surface area contributed by atoms with E-state index >= 15 is 0 Å². The second kappa shape index (κ2) is 9.45. The number of nitrogens with one attached hydrogen (secondary N) is 1. The van der Waals surface area contributed by atoms with Crippen LogP contribution in [-0.2, 0) is 4.79 Å². The Morgan fingerprint density at radius 2 is 1.92 bits per heavy atom. The molecule has 1 N–H and O–H groups in total. The summed E-state index contributed by atoms with van der Waals surface area (Å²) < 4.78 is 0. The lowest BCUT2D eigenvalue weighted by Gasteiger charge is -2.20. The van der Waals surface area contributed by atoms with Crippen molar-refractivity contribution in [2.24, 2.45) is 16.9 Å². The summed E-state index contributed by atoms with van der Waals surface area (Å²) in [6.07, 6.45) is 7.69. The molecule has 0 unspecified atom stereocenters. The molecule has 1 aromatic carbocycles. The second-order valence-corrected chi connectivity index (χ2v) is 6.60. The standard InChI is InChI=1S/C20H31N3O/c1-4-7-8-9-17-14-19(17)20(24)22-21-15-16-10-12-18(13-11-16)23(5-2)6-3/h10-13,15,17,19H,4-9,14H2,1-3H3,(H,22,24)/t17-,19-/m0/s1. The number of amides is 1. The Morgan fingerprint density at radius 1 is 1.21 bits per heavy atom. The van der Waals surface area contributed by atoms with E-state index in [9.17, 15) is 4.79 Å². The van der Waals surface area contributed by atoms with Crippen LogP contribution in [0.2, 0.25) is 0 Å². The highest BCUT2D eigenvalue weighted by molar-refractivity contribution is 5.85. The maximum absolute atomic E-state index is 12.0. The quantitative estimate of drug-likeness (QED) is 0.397. The molecule has 1 amide bonds. The van der Waals surface area contributed by atoms with Gasteiger partial charge in [0.05, 0.1) is 6.21 Å². The number of hydrazone groups is 1. The molecule has 132 valence electrons. The van der Waals surface area contributed by atoms with E-state index in [-0.39, 0.29) is 11.8 Å². The SMILES string of the molecule is CCCCC[C@H]1C[C@@H]1C(=O)NN=Cc1ccc(N(CC)CC)cc1. The smallest absolute Gasteiger partial charge is 0.243 e. The molecule has 1 aliphatic rings. The summed E-state index contributed by atoms with van der Waals surface area (Å²) in [6, 6.07) is 8.27. The zero-order chi connectivity index (χ0) is 17.4. The zero-order valence-corrected chi connectivity index (χ0v) is 15.3. The van der Waals surface area contributed by atoms with Gasteiger partial charge in [-0.2, -0.15) is 5.10 Å². The van der Waals surface area contributed by atoms with Crippen LogP contribution in [0, 0.1) is 11.8 Å². The third kappa shape index (κ3) is 5.36. The van der Waals surface area contributed by atoms with Gasteiger partial charge in [0.2, 0.25) is 5.91 Å². The Labute approximate surface area is 146 Å². The minimum absolute atomic E-state index is 0.0764. The molecule has 2 rings (SSSR count). The molecule has 4 nitrogen and oxygen atoms in total. The molecular weight excluding hydrogens is 298 g/mol. The summed E-state index contributed by atoms with van der Waals surface area (Å²) in [7, 11) is 0. The van der Waals surface area contributed by atoms with E-state index in [1.807, 2.05) is 12.1 Å². The number of benzene rings is 1. The van der Waals surface area contributed by atoms with Gasteiger partial charge in [0.1, 0.15) is 0 Å². The third-order valence-corrected chi connectivity index (χ3v) is 4.85. The van der Waals surface area contributed by atoms with Gasteiger partial charge in [-0.3, -0.25) is 4.79 Å². The van der Waals surface area contributed by atoms with Gasteiger partial charge in [-0.05, 0) is 50.3 Å². The fourth-order valence-corrected chi connectivity index (χ4v) is 3.16. The average molecular weight is 329 g/mol. The van der Waals surface area contributed by atoms with Crippen LogP contribution in [0.1, 0.15) is 58.4 Å². The molecule has 0 spiro atoms. The highest BCUT2D eigenvalue weighted by Crippen LogP contribution is 2.42. The molecule has 0 aromatic heterocycles. The molecule has 0 radical (unpaired) electrons. The fraction of sp³-hybridized carbons (Fsp3) is 0.600.